The average molecular weight is 247 g/mol. The first-order chi connectivity index (χ1) is 8.74. The maximum absolute atomic E-state index is 13.7. The second kappa shape index (κ2) is 5.44. The Labute approximate surface area is 105 Å². The summed E-state index contributed by atoms with van der Waals surface area (Å²) in [4.78, 5) is 8.13. The molecule has 0 spiro atoms. The van der Waals surface area contributed by atoms with Crippen LogP contribution in [-0.2, 0) is 0 Å². The Balaban J connectivity index is 2.35. The lowest BCUT2D eigenvalue weighted by molar-refractivity contribution is 0.321. The topological polar surface area (TPSA) is 47.0 Å². The molecule has 1 aromatic heterocycles. The maximum atomic E-state index is 13.7. The second-order valence-electron chi connectivity index (χ2n) is 3.62. The highest BCUT2D eigenvalue weighted by atomic mass is 19.1. The monoisotopic (exact) mass is 247 g/mol. The van der Waals surface area contributed by atoms with Gasteiger partial charge in [-0.3, -0.25) is 0 Å². The van der Waals surface area contributed by atoms with Crippen LogP contribution in [0.5, 0.6) is 5.75 Å². The van der Waals surface area contributed by atoms with Gasteiger partial charge in [-0.2, -0.15) is 0 Å². The van der Waals surface area contributed by atoms with Gasteiger partial charge in [-0.25, -0.2) is 14.4 Å². The van der Waals surface area contributed by atoms with Crippen molar-refractivity contribution in [1.29, 1.82) is 0 Å². The number of halogens is 1. The largest absolute Gasteiger partial charge is 0.491 e. The van der Waals surface area contributed by atoms with Gasteiger partial charge in [-0.15, -0.1) is 0 Å². The smallest absolute Gasteiger partial charge is 0.165 e. The molecule has 0 aliphatic heterocycles. The molecule has 2 aromatic rings. The number of ether oxygens (including phenoxy) is 1. The molecule has 0 aliphatic rings. The van der Waals surface area contributed by atoms with E-state index in [2.05, 4.69) is 15.3 Å². The normalized spacial score (nSPS) is 10.2. The molecule has 0 amide bonds. The summed E-state index contributed by atoms with van der Waals surface area (Å²) in [6.07, 6.45) is 1.44. The van der Waals surface area contributed by atoms with E-state index in [0.29, 0.717) is 23.7 Å². The Kier molecular flexibility index (Phi) is 3.72. The molecule has 0 aliphatic carbocycles. The van der Waals surface area contributed by atoms with Crippen molar-refractivity contribution in [1.82, 2.24) is 9.97 Å². The lowest BCUT2D eigenvalue weighted by Gasteiger charge is -2.07. The Bertz CT molecular complexity index is 546. The Morgan fingerprint density at radius 1 is 1.28 bits per heavy atom. The van der Waals surface area contributed by atoms with Crippen molar-refractivity contribution in [2.24, 2.45) is 0 Å². The van der Waals surface area contributed by atoms with Crippen molar-refractivity contribution in [2.75, 3.05) is 19.0 Å². The summed E-state index contributed by atoms with van der Waals surface area (Å²) < 4.78 is 18.9. The van der Waals surface area contributed by atoms with Gasteiger partial charge in [0.15, 0.2) is 11.6 Å². The molecule has 0 saturated heterocycles. The molecule has 0 atom stereocenters. The van der Waals surface area contributed by atoms with Gasteiger partial charge in [0.2, 0.25) is 0 Å². The number of hydrogen-bond acceptors (Lipinski definition) is 4. The van der Waals surface area contributed by atoms with E-state index in [1.807, 2.05) is 6.92 Å². The third-order valence-corrected chi connectivity index (χ3v) is 2.45. The van der Waals surface area contributed by atoms with Gasteiger partial charge < -0.3 is 10.1 Å². The third kappa shape index (κ3) is 2.56. The van der Waals surface area contributed by atoms with Crippen molar-refractivity contribution >= 4 is 5.82 Å². The molecule has 0 fully saturated rings. The van der Waals surface area contributed by atoms with E-state index >= 15 is 0 Å². The van der Waals surface area contributed by atoms with E-state index in [-0.39, 0.29) is 11.6 Å². The Morgan fingerprint density at radius 3 is 2.78 bits per heavy atom. The molecule has 0 unspecified atom stereocenters. The van der Waals surface area contributed by atoms with Gasteiger partial charge in [-0.1, -0.05) is 0 Å². The first kappa shape index (κ1) is 12.3. The zero-order valence-electron chi connectivity index (χ0n) is 10.3. The molecule has 0 radical (unpaired) electrons. The highest BCUT2D eigenvalue weighted by Crippen LogP contribution is 2.25. The molecular weight excluding hydrogens is 233 g/mol. The second-order valence-corrected chi connectivity index (χ2v) is 3.62. The third-order valence-electron chi connectivity index (χ3n) is 2.45. The van der Waals surface area contributed by atoms with E-state index < -0.39 is 0 Å². The van der Waals surface area contributed by atoms with Crippen molar-refractivity contribution in [3.63, 3.8) is 0 Å². The Hall–Kier alpha value is -2.17. The summed E-state index contributed by atoms with van der Waals surface area (Å²) in [6.45, 7) is 2.25. The number of rotatable bonds is 4. The maximum Gasteiger partial charge on any atom is 0.165 e. The number of aromatic nitrogens is 2. The molecule has 1 heterocycles. The molecule has 4 nitrogen and oxygen atoms in total. The van der Waals surface area contributed by atoms with Gasteiger partial charge >= 0.3 is 0 Å². The number of benzene rings is 1. The van der Waals surface area contributed by atoms with E-state index in [1.54, 1.807) is 25.2 Å². The van der Waals surface area contributed by atoms with Gasteiger partial charge in [0, 0.05) is 18.7 Å². The summed E-state index contributed by atoms with van der Waals surface area (Å²) >= 11 is 0. The molecule has 94 valence electrons. The molecule has 0 bridgehead atoms. The van der Waals surface area contributed by atoms with Crippen LogP contribution in [0.15, 0.2) is 30.6 Å². The quantitative estimate of drug-likeness (QED) is 0.902. The van der Waals surface area contributed by atoms with Gasteiger partial charge in [0.25, 0.3) is 0 Å². The fourth-order valence-electron chi connectivity index (χ4n) is 1.58. The van der Waals surface area contributed by atoms with Crippen LogP contribution in [0.4, 0.5) is 10.2 Å². The minimum Gasteiger partial charge on any atom is -0.491 e. The summed E-state index contributed by atoms with van der Waals surface area (Å²) in [5.41, 5.74) is 1.35. The minimum atomic E-state index is -0.390. The van der Waals surface area contributed by atoms with Crippen LogP contribution in [0.2, 0.25) is 0 Å². The number of hydrogen-bond donors (Lipinski definition) is 1. The van der Waals surface area contributed by atoms with Gasteiger partial charge in [0.1, 0.15) is 12.1 Å². The summed E-state index contributed by atoms with van der Waals surface area (Å²) in [5.74, 6) is 0.553. The van der Waals surface area contributed by atoms with Crippen LogP contribution in [0.25, 0.3) is 11.3 Å². The lowest BCUT2D eigenvalue weighted by atomic mass is 10.1. The van der Waals surface area contributed by atoms with Crippen molar-refractivity contribution < 1.29 is 9.13 Å². The van der Waals surface area contributed by atoms with Gasteiger partial charge in [-0.05, 0) is 25.1 Å². The molecule has 1 aromatic carbocycles. The predicted octanol–water partition coefficient (Wildman–Crippen LogP) is 2.72. The van der Waals surface area contributed by atoms with Crippen LogP contribution in [-0.4, -0.2) is 23.6 Å². The molecular formula is C13H14FN3O. The van der Waals surface area contributed by atoms with Gasteiger partial charge in [0.05, 0.1) is 12.3 Å². The van der Waals surface area contributed by atoms with Crippen LogP contribution >= 0.6 is 0 Å². The summed E-state index contributed by atoms with van der Waals surface area (Å²) in [7, 11) is 1.77. The Morgan fingerprint density at radius 2 is 2.11 bits per heavy atom. The fourth-order valence-corrected chi connectivity index (χ4v) is 1.58. The molecule has 2 rings (SSSR count). The van der Waals surface area contributed by atoms with Crippen LogP contribution < -0.4 is 10.1 Å². The number of nitrogens with zero attached hydrogens (tertiary/aromatic N) is 2. The number of anilines is 1. The number of nitrogens with one attached hydrogen (secondary N) is 1. The zero-order chi connectivity index (χ0) is 13.0. The highest BCUT2D eigenvalue weighted by molar-refractivity contribution is 5.63. The SMILES string of the molecule is CCOc1ccc(-c2cc(NC)ncn2)cc1F. The first-order valence-electron chi connectivity index (χ1n) is 5.67. The van der Waals surface area contributed by atoms with E-state index in [1.165, 1.54) is 12.4 Å². The first-order valence-corrected chi connectivity index (χ1v) is 5.67. The van der Waals surface area contributed by atoms with Crippen LogP contribution in [0, 0.1) is 5.82 Å². The molecule has 0 saturated carbocycles. The fraction of sp³-hybridized carbons (Fsp3) is 0.231. The van der Waals surface area contributed by atoms with Crippen LogP contribution in [0.1, 0.15) is 6.92 Å². The summed E-state index contributed by atoms with van der Waals surface area (Å²) in [6, 6.07) is 6.55. The van der Waals surface area contributed by atoms with Crippen molar-refractivity contribution in [3.05, 3.63) is 36.4 Å². The molecule has 1 N–H and O–H groups in total. The van der Waals surface area contributed by atoms with Crippen molar-refractivity contribution in [3.8, 4) is 17.0 Å². The molecule has 18 heavy (non-hydrogen) atoms. The lowest BCUT2D eigenvalue weighted by Crippen LogP contribution is -1.96. The standard InChI is InChI=1S/C13H14FN3O/c1-3-18-12-5-4-9(6-10(12)14)11-7-13(15-2)17-8-16-11/h4-8H,3H2,1-2H3,(H,15,16,17). The van der Waals surface area contributed by atoms with E-state index in [9.17, 15) is 4.39 Å². The summed E-state index contributed by atoms with van der Waals surface area (Å²) in [5, 5.41) is 2.91. The highest BCUT2D eigenvalue weighted by Gasteiger charge is 2.07. The zero-order valence-corrected chi connectivity index (χ0v) is 10.3. The van der Waals surface area contributed by atoms with Crippen LogP contribution in [0.3, 0.4) is 0 Å². The van der Waals surface area contributed by atoms with E-state index in [4.69, 9.17) is 4.74 Å². The predicted molar refractivity (Wildman–Crippen MR) is 68.1 cm³/mol. The average Bonchev–Trinajstić information content (AvgIpc) is 2.41. The van der Waals surface area contributed by atoms with Crippen molar-refractivity contribution in [2.45, 2.75) is 6.92 Å². The minimum absolute atomic E-state index is 0.254. The van der Waals surface area contributed by atoms with E-state index in [0.717, 1.165) is 0 Å². The molecule has 5 heteroatoms.